The van der Waals surface area contributed by atoms with Crippen molar-refractivity contribution < 1.29 is 5.11 Å². The average Bonchev–Trinajstić information content (AvgIpc) is 2.28. The molecule has 1 aliphatic heterocycles. The van der Waals surface area contributed by atoms with Crippen LogP contribution in [-0.4, -0.2) is 18.2 Å². The molecule has 1 aliphatic rings. The quantitative estimate of drug-likeness (QED) is 0.681. The third kappa shape index (κ3) is 1.03. The molecule has 0 bridgehead atoms. The zero-order valence-corrected chi connectivity index (χ0v) is 9.20. The second-order valence-electron chi connectivity index (χ2n) is 4.71. The van der Waals surface area contributed by atoms with Gasteiger partial charge in [-0.2, -0.15) is 0 Å². The first-order chi connectivity index (χ1) is 6.44. The van der Waals surface area contributed by atoms with Crippen molar-refractivity contribution in [2.45, 2.75) is 32.2 Å². The van der Waals surface area contributed by atoms with Crippen LogP contribution >= 0.6 is 0 Å². The Morgan fingerprint density at radius 2 is 2.00 bits per heavy atom. The maximum absolute atomic E-state index is 9.44. The predicted octanol–water partition coefficient (Wildman–Crippen LogP) is 2.51. The minimum Gasteiger partial charge on any atom is -0.508 e. The molecule has 1 unspecified atom stereocenters. The molecule has 0 amide bonds. The largest absolute Gasteiger partial charge is 0.508 e. The highest BCUT2D eigenvalue weighted by Gasteiger charge is 2.39. The van der Waals surface area contributed by atoms with Crippen LogP contribution in [-0.2, 0) is 5.41 Å². The van der Waals surface area contributed by atoms with Crippen LogP contribution in [0.1, 0.15) is 26.3 Å². The lowest BCUT2D eigenvalue weighted by Crippen LogP contribution is -2.36. The minimum absolute atomic E-state index is 0.164. The van der Waals surface area contributed by atoms with Gasteiger partial charge in [0.15, 0.2) is 0 Å². The molecule has 1 atom stereocenters. The highest BCUT2D eigenvalue weighted by atomic mass is 16.3. The van der Waals surface area contributed by atoms with Crippen LogP contribution in [0.3, 0.4) is 0 Å². The molecule has 2 rings (SSSR count). The van der Waals surface area contributed by atoms with E-state index in [1.807, 2.05) is 12.1 Å². The highest BCUT2D eigenvalue weighted by Crippen LogP contribution is 2.45. The lowest BCUT2D eigenvalue weighted by Gasteiger charge is -2.28. The number of phenolic OH excluding ortho intramolecular Hbond substituents is 1. The van der Waals surface area contributed by atoms with Crippen LogP contribution in [0.5, 0.6) is 5.75 Å². The Hall–Kier alpha value is -1.18. The lowest BCUT2D eigenvalue weighted by atomic mass is 9.81. The molecule has 0 saturated carbocycles. The number of nitrogens with zero attached hydrogens (tertiary/aromatic N) is 1. The second-order valence-corrected chi connectivity index (χ2v) is 4.71. The Balaban J connectivity index is 2.62. The molecular formula is C12H17NO. The van der Waals surface area contributed by atoms with Gasteiger partial charge in [-0.1, -0.05) is 19.9 Å². The monoisotopic (exact) mass is 191 g/mol. The Morgan fingerprint density at radius 3 is 2.64 bits per heavy atom. The molecule has 0 spiro atoms. The van der Waals surface area contributed by atoms with Gasteiger partial charge in [0, 0.05) is 30.3 Å². The van der Waals surface area contributed by atoms with Crippen LogP contribution in [0.4, 0.5) is 5.69 Å². The van der Waals surface area contributed by atoms with Crippen molar-refractivity contribution in [1.29, 1.82) is 0 Å². The fourth-order valence-corrected chi connectivity index (χ4v) is 2.27. The van der Waals surface area contributed by atoms with Crippen LogP contribution in [0.25, 0.3) is 0 Å². The van der Waals surface area contributed by atoms with Gasteiger partial charge in [0.2, 0.25) is 0 Å². The minimum atomic E-state index is 0.164. The molecule has 0 saturated heterocycles. The van der Waals surface area contributed by atoms with Gasteiger partial charge in [-0.3, -0.25) is 0 Å². The van der Waals surface area contributed by atoms with Crippen molar-refractivity contribution in [2.75, 3.05) is 11.9 Å². The van der Waals surface area contributed by atoms with E-state index in [1.54, 1.807) is 6.07 Å². The van der Waals surface area contributed by atoms with Crippen molar-refractivity contribution in [1.82, 2.24) is 0 Å². The van der Waals surface area contributed by atoms with Gasteiger partial charge < -0.3 is 10.0 Å². The number of benzene rings is 1. The van der Waals surface area contributed by atoms with E-state index in [-0.39, 0.29) is 5.41 Å². The van der Waals surface area contributed by atoms with Gasteiger partial charge in [0.25, 0.3) is 0 Å². The molecule has 0 aliphatic carbocycles. The first-order valence-corrected chi connectivity index (χ1v) is 5.01. The van der Waals surface area contributed by atoms with Crippen molar-refractivity contribution in [2.24, 2.45) is 0 Å². The third-order valence-electron chi connectivity index (χ3n) is 3.68. The van der Waals surface area contributed by atoms with E-state index in [4.69, 9.17) is 0 Å². The topological polar surface area (TPSA) is 23.5 Å². The highest BCUT2D eigenvalue weighted by molar-refractivity contribution is 5.65. The second kappa shape index (κ2) is 2.66. The fourth-order valence-electron chi connectivity index (χ4n) is 2.27. The number of likely N-dealkylation sites (N-methyl/N-ethyl adjacent to an activating group) is 1. The number of hydrogen-bond acceptors (Lipinski definition) is 2. The molecule has 2 nitrogen and oxygen atoms in total. The molecule has 1 N–H and O–H groups in total. The van der Waals surface area contributed by atoms with E-state index in [9.17, 15) is 5.11 Å². The Bertz CT molecular complexity index is 371. The Morgan fingerprint density at radius 1 is 1.36 bits per heavy atom. The number of anilines is 1. The SMILES string of the molecule is CC1N(C)c2cc(O)ccc2C1(C)C. The maximum atomic E-state index is 9.44. The molecule has 76 valence electrons. The zero-order valence-electron chi connectivity index (χ0n) is 9.20. The lowest BCUT2D eigenvalue weighted by molar-refractivity contribution is 0.454. The van der Waals surface area contributed by atoms with Crippen LogP contribution < -0.4 is 4.90 Å². The van der Waals surface area contributed by atoms with Crippen molar-refractivity contribution in [3.05, 3.63) is 23.8 Å². The maximum Gasteiger partial charge on any atom is 0.117 e. The number of hydrogen-bond donors (Lipinski definition) is 1. The van der Waals surface area contributed by atoms with E-state index in [1.165, 1.54) is 5.56 Å². The summed E-state index contributed by atoms with van der Waals surface area (Å²) in [7, 11) is 2.08. The molecule has 1 aromatic rings. The van der Waals surface area contributed by atoms with Gasteiger partial charge in [0.05, 0.1) is 0 Å². The third-order valence-corrected chi connectivity index (χ3v) is 3.68. The normalized spacial score (nSPS) is 23.7. The van der Waals surface area contributed by atoms with Gasteiger partial charge in [-0.25, -0.2) is 0 Å². The number of aromatic hydroxyl groups is 1. The Labute approximate surface area is 85.2 Å². The van der Waals surface area contributed by atoms with Gasteiger partial charge in [-0.05, 0) is 18.6 Å². The Kier molecular flexibility index (Phi) is 1.78. The number of rotatable bonds is 0. The molecule has 14 heavy (non-hydrogen) atoms. The number of fused-ring (bicyclic) bond motifs is 1. The van der Waals surface area contributed by atoms with E-state index < -0.39 is 0 Å². The summed E-state index contributed by atoms with van der Waals surface area (Å²) < 4.78 is 0. The molecule has 1 heterocycles. The average molecular weight is 191 g/mol. The first kappa shape index (κ1) is 9.38. The summed E-state index contributed by atoms with van der Waals surface area (Å²) in [6, 6.07) is 6.12. The summed E-state index contributed by atoms with van der Waals surface area (Å²) in [4.78, 5) is 2.23. The summed E-state index contributed by atoms with van der Waals surface area (Å²) in [5.74, 6) is 0.348. The molecule has 0 aromatic heterocycles. The molecular weight excluding hydrogens is 174 g/mol. The summed E-state index contributed by atoms with van der Waals surface area (Å²) in [6.07, 6.45) is 0. The van der Waals surface area contributed by atoms with E-state index in [0.29, 0.717) is 11.8 Å². The smallest absolute Gasteiger partial charge is 0.117 e. The molecule has 1 aromatic carbocycles. The van der Waals surface area contributed by atoms with E-state index >= 15 is 0 Å². The van der Waals surface area contributed by atoms with Crippen LogP contribution in [0, 0.1) is 0 Å². The summed E-state index contributed by atoms with van der Waals surface area (Å²) in [5, 5.41) is 9.44. The van der Waals surface area contributed by atoms with Crippen LogP contribution in [0.15, 0.2) is 18.2 Å². The van der Waals surface area contributed by atoms with E-state index in [2.05, 4.69) is 32.7 Å². The van der Waals surface area contributed by atoms with Gasteiger partial charge >= 0.3 is 0 Å². The van der Waals surface area contributed by atoms with Crippen molar-refractivity contribution in [3.8, 4) is 5.75 Å². The summed E-state index contributed by atoms with van der Waals surface area (Å²) in [5.41, 5.74) is 2.64. The predicted molar refractivity (Wildman–Crippen MR) is 59.0 cm³/mol. The van der Waals surface area contributed by atoms with Crippen molar-refractivity contribution in [3.63, 3.8) is 0 Å². The number of phenols is 1. The summed E-state index contributed by atoms with van der Waals surface area (Å²) >= 11 is 0. The van der Waals surface area contributed by atoms with Gasteiger partial charge in [0.1, 0.15) is 5.75 Å². The van der Waals surface area contributed by atoms with Gasteiger partial charge in [-0.15, -0.1) is 0 Å². The summed E-state index contributed by atoms with van der Waals surface area (Å²) in [6.45, 7) is 6.71. The van der Waals surface area contributed by atoms with Crippen LogP contribution in [0.2, 0.25) is 0 Å². The molecule has 2 heteroatoms. The molecule has 0 radical (unpaired) electrons. The van der Waals surface area contributed by atoms with Crippen molar-refractivity contribution >= 4 is 5.69 Å². The standard InChI is InChI=1S/C12H17NO/c1-8-12(2,3)10-6-5-9(14)7-11(10)13(8)4/h5-8,14H,1-4H3. The van der Waals surface area contributed by atoms with E-state index in [0.717, 1.165) is 5.69 Å². The molecule has 0 fully saturated rings. The first-order valence-electron chi connectivity index (χ1n) is 5.01. The zero-order chi connectivity index (χ0) is 10.5. The fraction of sp³-hybridized carbons (Fsp3) is 0.500.